The molecule has 11 heteroatoms. The Bertz CT molecular complexity index is 889. The van der Waals surface area contributed by atoms with E-state index in [1.54, 1.807) is 6.92 Å². The van der Waals surface area contributed by atoms with Crippen molar-refractivity contribution < 1.29 is 27.6 Å². The van der Waals surface area contributed by atoms with Crippen LogP contribution < -0.4 is 21.1 Å². The van der Waals surface area contributed by atoms with Crippen molar-refractivity contribution in [1.82, 2.24) is 15.4 Å². The zero-order valence-corrected chi connectivity index (χ0v) is 18.3. The van der Waals surface area contributed by atoms with Crippen LogP contribution in [0.4, 0.5) is 10.5 Å². The third-order valence-electron chi connectivity index (χ3n) is 4.54. The largest absolute Gasteiger partial charge is 0.399 e. The number of imide groups is 2. The van der Waals surface area contributed by atoms with E-state index in [0.717, 1.165) is 13.3 Å². The number of nitrogens with two attached hydrogens (primary N) is 1. The highest BCUT2D eigenvalue weighted by Crippen LogP contribution is 2.32. The lowest BCUT2D eigenvalue weighted by Crippen LogP contribution is -2.62. The van der Waals surface area contributed by atoms with Crippen LogP contribution in [-0.2, 0) is 24.4 Å². The van der Waals surface area contributed by atoms with E-state index in [4.69, 9.17) is 5.73 Å². The first-order valence-corrected chi connectivity index (χ1v) is 10.9. The van der Waals surface area contributed by atoms with E-state index in [1.165, 1.54) is 24.3 Å². The average Bonchev–Trinajstić information content (AvgIpc) is 2.61. The first-order valence-electron chi connectivity index (χ1n) is 9.40. The highest BCUT2D eigenvalue weighted by Gasteiger charge is 2.48. The molecule has 0 aromatic heterocycles. The van der Waals surface area contributed by atoms with Gasteiger partial charge >= 0.3 is 6.03 Å². The summed E-state index contributed by atoms with van der Waals surface area (Å²) in [7, 11) is -3.73. The molecule has 0 saturated carbocycles. The molecule has 10 nitrogen and oxygen atoms in total. The first-order chi connectivity index (χ1) is 13.8. The number of urea groups is 1. The number of benzene rings is 1. The Morgan fingerprint density at radius 2 is 1.60 bits per heavy atom. The molecule has 1 aliphatic rings. The van der Waals surface area contributed by atoms with Crippen molar-refractivity contribution in [3.05, 3.63) is 24.3 Å². The van der Waals surface area contributed by atoms with Crippen LogP contribution in [0.25, 0.3) is 0 Å². The zero-order chi connectivity index (χ0) is 23.1. The van der Waals surface area contributed by atoms with Crippen LogP contribution in [0, 0.1) is 11.3 Å². The van der Waals surface area contributed by atoms with Crippen LogP contribution >= 0.6 is 0 Å². The first kappa shape index (κ1) is 25.1. The molecule has 1 aromatic carbocycles. The summed E-state index contributed by atoms with van der Waals surface area (Å²) in [5.74, 6) is -1.14. The molecule has 1 fully saturated rings. The van der Waals surface area contributed by atoms with Crippen LogP contribution in [0.2, 0.25) is 0 Å². The average molecular weight is 441 g/mol. The summed E-state index contributed by atoms with van der Waals surface area (Å²) in [6.45, 7) is 6.99. The van der Waals surface area contributed by atoms with E-state index in [1.807, 2.05) is 18.6 Å². The molecule has 0 atom stereocenters. The monoisotopic (exact) mass is 440 g/mol. The molecule has 0 unspecified atom stereocenters. The maximum atomic E-state index is 11.8. The maximum Gasteiger partial charge on any atom is 0.328 e. The van der Waals surface area contributed by atoms with E-state index in [9.17, 15) is 27.6 Å². The number of nitrogen functional groups attached to an aromatic ring is 1. The summed E-state index contributed by atoms with van der Waals surface area (Å²) in [5.41, 5.74) is 4.78. The van der Waals surface area contributed by atoms with Crippen LogP contribution in [0.5, 0.6) is 0 Å². The van der Waals surface area contributed by atoms with Gasteiger partial charge < -0.3 is 5.73 Å². The Morgan fingerprint density at radius 1 is 1.10 bits per heavy atom. The minimum atomic E-state index is -3.73. The number of nitrogens with one attached hydrogen (secondary N) is 3. The fraction of sp³-hybridized carbons (Fsp3) is 0.474. The van der Waals surface area contributed by atoms with Crippen LogP contribution in [0.15, 0.2) is 29.2 Å². The summed E-state index contributed by atoms with van der Waals surface area (Å²) >= 11 is 0. The van der Waals surface area contributed by atoms with Gasteiger partial charge in [0.25, 0.3) is 10.0 Å². The lowest BCUT2D eigenvalue weighted by atomic mass is 9.76. The third kappa shape index (κ3) is 6.55. The molecule has 166 valence electrons. The molecule has 0 spiro atoms. The van der Waals surface area contributed by atoms with Gasteiger partial charge in [0.1, 0.15) is 5.41 Å². The van der Waals surface area contributed by atoms with E-state index in [-0.39, 0.29) is 4.90 Å². The number of sulfonamides is 1. The number of carbonyl (C=O) groups excluding carboxylic acids is 4. The topological polar surface area (TPSA) is 165 Å². The molecule has 1 saturated heterocycles. The van der Waals surface area contributed by atoms with Crippen molar-refractivity contribution in [3.63, 3.8) is 0 Å². The third-order valence-corrected chi connectivity index (χ3v) is 5.99. The Kier molecular flexibility index (Phi) is 8.52. The van der Waals surface area contributed by atoms with Gasteiger partial charge in [0.2, 0.25) is 17.7 Å². The van der Waals surface area contributed by atoms with Gasteiger partial charge in [-0.05, 0) is 49.4 Å². The number of hydrogen-bond acceptors (Lipinski definition) is 7. The van der Waals surface area contributed by atoms with Gasteiger partial charge in [0.05, 0.1) is 4.90 Å². The van der Waals surface area contributed by atoms with Gasteiger partial charge in [-0.25, -0.2) is 17.9 Å². The van der Waals surface area contributed by atoms with Gasteiger partial charge in [-0.3, -0.25) is 25.0 Å². The van der Waals surface area contributed by atoms with Crippen molar-refractivity contribution >= 4 is 39.5 Å². The predicted octanol–water partition coefficient (Wildman–Crippen LogP) is 1.28. The van der Waals surface area contributed by atoms with E-state index in [2.05, 4.69) is 10.6 Å². The molecule has 0 bridgehead atoms. The Labute approximate surface area is 176 Å². The molecular formula is C19H28N4O6S. The van der Waals surface area contributed by atoms with Crippen molar-refractivity contribution in [1.29, 1.82) is 0 Å². The summed E-state index contributed by atoms with van der Waals surface area (Å²) in [4.78, 5) is 45.1. The number of amides is 5. The van der Waals surface area contributed by atoms with Crippen molar-refractivity contribution in [2.24, 2.45) is 11.3 Å². The molecule has 1 aromatic rings. The predicted molar refractivity (Wildman–Crippen MR) is 110 cm³/mol. The minimum absolute atomic E-state index is 0.0156. The quantitative estimate of drug-likeness (QED) is 0.382. The number of anilines is 1. The molecule has 0 radical (unpaired) electrons. The normalized spacial score (nSPS) is 15.6. The second kappa shape index (κ2) is 10.2. The highest BCUT2D eigenvalue weighted by atomic mass is 32.2. The standard InChI is InChI=1S/C11H18N2O3.C8H10N2O3S/c1-4-11(6-5-7(2)3)8(14)12-10(16)13-9(11)15;1-6(11)10-14(12,13)8-4-2-7(9)3-5-8/h7H,4-6H2,1-3H3,(H2,12,13,14,15,16);2-5H,9H2,1H3,(H,10,11). The SMILES string of the molecule is CC(=O)NS(=O)(=O)c1ccc(N)cc1.CCC1(CCC(C)C)C(=O)NC(=O)NC1=O. The van der Waals surface area contributed by atoms with Crippen molar-refractivity contribution in [2.45, 2.75) is 51.9 Å². The molecular weight excluding hydrogens is 412 g/mol. The van der Waals surface area contributed by atoms with E-state index >= 15 is 0 Å². The highest BCUT2D eigenvalue weighted by molar-refractivity contribution is 7.90. The maximum absolute atomic E-state index is 11.8. The van der Waals surface area contributed by atoms with Gasteiger partial charge in [-0.15, -0.1) is 0 Å². The smallest absolute Gasteiger partial charge is 0.328 e. The van der Waals surface area contributed by atoms with Gasteiger partial charge in [0.15, 0.2) is 0 Å². The molecule has 0 aliphatic carbocycles. The Balaban J connectivity index is 0.000000303. The Hall–Kier alpha value is -2.95. The van der Waals surface area contributed by atoms with Crippen molar-refractivity contribution in [3.8, 4) is 0 Å². The van der Waals surface area contributed by atoms with Gasteiger partial charge in [-0.2, -0.15) is 0 Å². The number of hydrogen-bond donors (Lipinski definition) is 4. The molecule has 5 amide bonds. The number of rotatable bonds is 6. The second-order valence-electron chi connectivity index (χ2n) is 7.34. The Morgan fingerprint density at radius 3 is 2.00 bits per heavy atom. The molecule has 1 aliphatic heterocycles. The van der Waals surface area contributed by atoms with Gasteiger partial charge in [-0.1, -0.05) is 20.8 Å². The second-order valence-corrected chi connectivity index (χ2v) is 9.02. The molecule has 30 heavy (non-hydrogen) atoms. The molecule has 2 rings (SSSR count). The van der Waals surface area contributed by atoms with Crippen molar-refractivity contribution in [2.75, 3.05) is 5.73 Å². The fourth-order valence-corrected chi connectivity index (χ4v) is 3.73. The zero-order valence-electron chi connectivity index (χ0n) is 17.4. The van der Waals surface area contributed by atoms with Gasteiger partial charge in [0, 0.05) is 12.6 Å². The van der Waals surface area contributed by atoms with Crippen LogP contribution in [-0.4, -0.2) is 32.2 Å². The van der Waals surface area contributed by atoms with E-state index < -0.39 is 39.2 Å². The van der Waals surface area contributed by atoms with Crippen LogP contribution in [0.3, 0.4) is 0 Å². The molecule has 5 N–H and O–H groups in total. The minimum Gasteiger partial charge on any atom is -0.399 e. The number of barbiturate groups is 1. The molecule has 1 heterocycles. The summed E-state index contributed by atoms with van der Waals surface area (Å²) in [6, 6.07) is 4.86. The fourth-order valence-electron chi connectivity index (χ4n) is 2.74. The summed E-state index contributed by atoms with van der Waals surface area (Å²) < 4.78 is 24.6. The summed E-state index contributed by atoms with van der Waals surface area (Å²) in [5, 5.41) is 4.33. The van der Waals surface area contributed by atoms with E-state index in [0.29, 0.717) is 24.4 Å². The van der Waals surface area contributed by atoms with Crippen LogP contribution in [0.1, 0.15) is 47.0 Å². The lowest BCUT2D eigenvalue weighted by molar-refractivity contribution is -0.145. The lowest BCUT2D eigenvalue weighted by Gasteiger charge is -2.33. The number of carbonyl (C=O) groups is 4. The summed E-state index contributed by atoms with van der Waals surface area (Å²) in [6.07, 6.45) is 1.67.